The Morgan fingerprint density at radius 2 is 1.72 bits per heavy atom. The van der Waals surface area contributed by atoms with Crippen molar-refractivity contribution in [3.8, 4) is 11.5 Å². The van der Waals surface area contributed by atoms with Crippen LogP contribution in [0.1, 0.15) is 42.3 Å². The van der Waals surface area contributed by atoms with Crippen molar-refractivity contribution >= 4 is 12.1 Å². The van der Waals surface area contributed by atoms with E-state index >= 15 is 0 Å². The Morgan fingerprint density at radius 1 is 1.04 bits per heavy atom. The number of hydrogen-bond acceptors (Lipinski definition) is 4. The molecule has 1 N–H and O–H groups in total. The summed E-state index contributed by atoms with van der Waals surface area (Å²) >= 11 is 0. The van der Waals surface area contributed by atoms with Crippen LogP contribution in [0.4, 0.5) is 0 Å². The third-order valence-electron chi connectivity index (χ3n) is 3.82. The van der Waals surface area contributed by atoms with Crippen LogP contribution in [0.3, 0.4) is 0 Å². The van der Waals surface area contributed by atoms with Gasteiger partial charge in [0, 0.05) is 11.1 Å². The van der Waals surface area contributed by atoms with E-state index in [4.69, 9.17) is 9.47 Å². The van der Waals surface area contributed by atoms with Crippen LogP contribution in [0.15, 0.2) is 47.6 Å². The second kappa shape index (κ2) is 7.83. The number of hydrogen-bond donors (Lipinski definition) is 1. The zero-order valence-electron chi connectivity index (χ0n) is 15.3. The fourth-order valence-corrected chi connectivity index (χ4v) is 2.36. The number of carbonyl (C=O) groups is 1. The summed E-state index contributed by atoms with van der Waals surface area (Å²) in [4.78, 5) is 12.2. The first-order chi connectivity index (χ1) is 11.9. The van der Waals surface area contributed by atoms with E-state index in [0.29, 0.717) is 22.6 Å². The van der Waals surface area contributed by atoms with Gasteiger partial charge in [0.05, 0.1) is 20.4 Å². The molecule has 0 bridgehead atoms. The summed E-state index contributed by atoms with van der Waals surface area (Å²) in [5.41, 5.74) is 5.03. The topological polar surface area (TPSA) is 59.9 Å². The summed E-state index contributed by atoms with van der Waals surface area (Å²) in [6.07, 6.45) is 1.53. The number of methoxy groups -OCH3 is 2. The summed E-state index contributed by atoms with van der Waals surface area (Å²) in [5.74, 6) is 0.909. The summed E-state index contributed by atoms with van der Waals surface area (Å²) in [5, 5.41) is 4.01. The number of para-hydroxylation sites is 1. The highest BCUT2D eigenvalue weighted by Crippen LogP contribution is 2.29. The highest BCUT2D eigenvalue weighted by atomic mass is 16.5. The van der Waals surface area contributed by atoms with Gasteiger partial charge in [-0.25, -0.2) is 5.43 Å². The molecule has 0 aliphatic rings. The number of hydrazone groups is 1. The van der Waals surface area contributed by atoms with Gasteiger partial charge < -0.3 is 9.47 Å². The van der Waals surface area contributed by atoms with Crippen LogP contribution in [-0.2, 0) is 5.41 Å². The van der Waals surface area contributed by atoms with Crippen molar-refractivity contribution in [2.24, 2.45) is 5.10 Å². The van der Waals surface area contributed by atoms with E-state index in [1.165, 1.54) is 11.8 Å². The average molecular weight is 340 g/mol. The predicted octanol–water partition coefficient (Wildman–Crippen LogP) is 3.77. The van der Waals surface area contributed by atoms with Crippen LogP contribution in [0, 0.1) is 0 Å². The van der Waals surface area contributed by atoms with E-state index in [9.17, 15) is 4.79 Å². The smallest absolute Gasteiger partial charge is 0.271 e. The van der Waals surface area contributed by atoms with Crippen molar-refractivity contribution < 1.29 is 14.3 Å². The SMILES string of the molecule is COc1cccc(/C=N\NC(=O)c2ccc(C(C)(C)C)cc2)c1OC. The van der Waals surface area contributed by atoms with Crippen molar-refractivity contribution in [1.82, 2.24) is 5.43 Å². The lowest BCUT2D eigenvalue weighted by Gasteiger charge is -2.18. The lowest BCUT2D eigenvalue weighted by molar-refractivity contribution is 0.0955. The molecule has 2 aromatic carbocycles. The van der Waals surface area contributed by atoms with Gasteiger partial charge in [-0.1, -0.05) is 39.0 Å². The summed E-state index contributed by atoms with van der Waals surface area (Å²) in [6.45, 7) is 6.40. The Morgan fingerprint density at radius 3 is 2.28 bits per heavy atom. The van der Waals surface area contributed by atoms with Crippen LogP contribution in [0.2, 0.25) is 0 Å². The maximum absolute atomic E-state index is 12.2. The minimum absolute atomic E-state index is 0.0517. The van der Waals surface area contributed by atoms with Crippen LogP contribution in [-0.4, -0.2) is 26.3 Å². The van der Waals surface area contributed by atoms with Crippen molar-refractivity contribution in [2.45, 2.75) is 26.2 Å². The molecule has 5 nitrogen and oxygen atoms in total. The second-order valence-corrected chi connectivity index (χ2v) is 6.61. The molecule has 0 saturated heterocycles. The summed E-state index contributed by atoms with van der Waals surface area (Å²) in [6, 6.07) is 13.0. The highest BCUT2D eigenvalue weighted by Gasteiger charge is 2.14. The first-order valence-corrected chi connectivity index (χ1v) is 8.01. The van der Waals surface area contributed by atoms with Gasteiger partial charge >= 0.3 is 0 Å². The van der Waals surface area contributed by atoms with Gasteiger partial charge in [-0.2, -0.15) is 5.10 Å². The van der Waals surface area contributed by atoms with E-state index in [1.807, 2.05) is 24.3 Å². The molecule has 2 rings (SSSR count). The fourth-order valence-electron chi connectivity index (χ4n) is 2.36. The van der Waals surface area contributed by atoms with Crippen molar-refractivity contribution in [3.63, 3.8) is 0 Å². The average Bonchev–Trinajstić information content (AvgIpc) is 2.60. The van der Waals surface area contributed by atoms with Crippen LogP contribution < -0.4 is 14.9 Å². The summed E-state index contributed by atoms with van der Waals surface area (Å²) < 4.78 is 10.6. The van der Waals surface area contributed by atoms with Gasteiger partial charge in [-0.3, -0.25) is 4.79 Å². The van der Waals surface area contributed by atoms with E-state index in [-0.39, 0.29) is 11.3 Å². The fraction of sp³-hybridized carbons (Fsp3) is 0.300. The monoisotopic (exact) mass is 340 g/mol. The maximum atomic E-state index is 12.2. The summed E-state index contributed by atoms with van der Waals surface area (Å²) in [7, 11) is 3.13. The van der Waals surface area contributed by atoms with Crippen molar-refractivity contribution in [2.75, 3.05) is 14.2 Å². The van der Waals surface area contributed by atoms with E-state index in [0.717, 1.165) is 0 Å². The van der Waals surface area contributed by atoms with Gasteiger partial charge in [-0.15, -0.1) is 0 Å². The zero-order chi connectivity index (χ0) is 18.4. The molecule has 0 saturated carbocycles. The standard InChI is InChI=1S/C20H24N2O3/c1-20(2,3)16-11-9-14(10-12-16)19(23)22-21-13-15-7-6-8-17(24-4)18(15)25-5/h6-13H,1-5H3,(H,22,23)/b21-13-. The number of rotatable bonds is 5. The quantitative estimate of drug-likeness (QED) is 0.666. The van der Waals surface area contributed by atoms with Gasteiger partial charge in [0.15, 0.2) is 11.5 Å². The molecule has 0 radical (unpaired) electrons. The first-order valence-electron chi connectivity index (χ1n) is 8.01. The van der Waals surface area contributed by atoms with Crippen LogP contribution in [0.5, 0.6) is 11.5 Å². The van der Waals surface area contributed by atoms with Crippen LogP contribution in [0.25, 0.3) is 0 Å². The molecule has 0 aromatic heterocycles. The molecule has 0 atom stereocenters. The van der Waals surface area contributed by atoms with Gasteiger partial charge in [-0.05, 0) is 35.2 Å². The Kier molecular flexibility index (Phi) is 5.80. The van der Waals surface area contributed by atoms with Gasteiger partial charge in [0.1, 0.15) is 0 Å². The molecular formula is C20H24N2O3. The number of carbonyl (C=O) groups excluding carboxylic acids is 1. The minimum Gasteiger partial charge on any atom is -0.493 e. The highest BCUT2D eigenvalue weighted by molar-refractivity contribution is 5.95. The number of amides is 1. The molecular weight excluding hydrogens is 316 g/mol. The number of nitrogens with one attached hydrogen (secondary N) is 1. The Balaban J connectivity index is 2.08. The molecule has 0 unspecified atom stereocenters. The Labute approximate surface area is 148 Å². The second-order valence-electron chi connectivity index (χ2n) is 6.61. The third-order valence-corrected chi connectivity index (χ3v) is 3.82. The third kappa shape index (κ3) is 4.59. The molecule has 0 fully saturated rings. The predicted molar refractivity (Wildman–Crippen MR) is 99.7 cm³/mol. The Bertz CT molecular complexity index is 760. The largest absolute Gasteiger partial charge is 0.493 e. The molecule has 1 amide bonds. The molecule has 2 aromatic rings. The van der Waals surface area contributed by atoms with Gasteiger partial charge in [0.2, 0.25) is 0 Å². The lowest BCUT2D eigenvalue weighted by atomic mass is 9.87. The molecule has 0 aliphatic heterocycles. The minimum atomic E-state index is -0.265. The molecule has 25 heavy (non-hydrogen) atoms. The van der Waals surface area contributed by atoms with E-state index in [1.54, 1.807) is 32.4 Å². The van der Waals surface area contributed by atoms with E-state index < -0.39 is 0 Å². The van der Waals surface area contributed by atoms with Crippen LogP contribution >= 0.6 is 0 Å². The Hall–Kier alpha value is -2.82. The molecule has 0 aliphatic carbocycles. The maximum Gasteiger partial charge on any atom is 0.271 e. The lowest BCUT2D eigenvalue weighted by Crippen LogP contribution is -2.18. The molecule has 0 heterocycles. The van der Waals surface area contributed by atoms with Gasteiger partial charge in [0.25, 0.3) is 5.91 Å². The molecule has 5 heteroatoms. The first kappa shape index (κ1) is 18.5. The van der Waals surface area contributed by atoms with E-state index in [2.05, 4.69) is 31.3 Å². The zero-order valence-corrected chi connectivity index (χ0v) is 15.3. The number of benzene rings is 2. The number of nitrogens with zero attached hydrogens (tertiary/aromatic N) is 1. The van der Waals surface area contributed by atoms with Crippen molar-refractivity contribution in [1.29, 1.82) is 0 Å². The number of ether oxygens (including phenoxy) is 2. The normalized spacial score (nSPS) is 11.4. The van der Waals surface area contributed by atoms with Crippen molar-refractivity contribution in [3.05, 3.63) is 59.2 Å². The molecule has 132 valence electrons. The molecule has 0 spiro atoms.